The summed E-state index contributed by atoms with van der Waals surface area (Å²) in [6.07, 6.45) is 8.06. The number of ether oxygens (including phenoxy) is 4. The number of rotatable bonds is 24. The van der Waals surface area contributed by atoms with E-state index in [1.807, 2.05) is 0 Å². The lowest BCUT2D eigenvalue weighted by Crippen LogP contribution is -2.23. The third-order valence-corrected chi connectivity index (χ3v) is 13.9. The summed E-state index contributed by atoms with van der Waals surface area (Å²) in [5.74, 6) is -3.97. The van der Waals surface area contributed by atoms with E-state index in [0.29, 0.717) is 44.3 Å². The minimum Gasteiger partial charge on any atom is -0.426 e. The molecular weight excluding hydrogens is 1160 g/mol. The normalized spacial score (nSPS) is 12.6. The molecule has 25 heteroatoms. The zero-order valence-electron chi connectivity index (χ0n) is 47.1. The Labute approximate surface area is 521 Å². The highest BCUT2D eigenvalue weighted by atomic mass is 24.3. The van der Waals surface area contributed by atoms with Crippen LogP contribution < -0.4 is 18.9 Å². The van der Waals surface area contributed by atoms with Gasteiger partial charge in [0.1, 0.15) is 48.7 Å². The van der Waals surface area contributed by atoms with E-state index in [-0.39, 0.29) is 91.1 Å². The highest BCUT2D eigenvalue weighted by molar-refractivity contribution is 6.02. The van der Waals surface area contributed by atoms with Crippen molar-refractivity contribution in [1.82, 2.24) is 19.9 Å². The van der Waals surface area contributed by atoms with Crippen LogP contribution in [0.15, 0.2) is 172 Å². The van der Waals surface area contributed by atoms with Gasteiger partial charge in [-0.3, -0.25) is 59.6 Å². The number of aromatic amines is 2. The van der Waals surface area contributed by atoms with Crippen molar-refractivity contribution in [2.75, 3.05) is 0 Å². The second kappa shape index (κ2) is 28.3. The number of esters is 4. The average molecular weight is 1210 g/mol. The third-order valence-electron chi connectivity index (χ3n) is 13.9. The lowest BCUT2D eigenvalue weighted by atomic mass is 10.0. The van der Waals surface area contributed by atoms with Gasteiger partial charge in [-0.2, -0.15) is 0 Å². The zero-order valence-corrected chi connectivity index (χ0v) is 48.5. The molecule has 0 saturated carbocycles. The number of hydrogen-bond acceptors (Lipinski definition) is 18. The van der Waals surface area contributed by atoms with Gasteiger partial charge in [-0.05, 0) is 97.1 Å². The Morgan fingerprint density at radius 3 is 0.775 bits per heavy atom. The fraction of sp³-hybridized carbons (Fsp3) is 0.125. The molecule has 4 unspecified atom stereocenters. The summed E-state index contributed by atoms with van der Waals surface area (Å²) < 4.78 is 23.7. The molecule has 2 aliphatic rings. The van der Waals surface area contributed by atoms with E-state index in [4.69, 9.17) is 28.9 Å². The highest BCUT2D eigenvalue weighted by Gasteiger charge is 2.29. The summed E-state index contributed by atoms with van der Waals surface area (Å²) in [6.45, 7) is 14.0. The summed E-state index contributed by atoms with van der Waals surface area (Å²) in [4.78, 5) is 116. The zero-order chi connectivity index (χ0) is 62.8. The lowest BCUT2D eigenvalue weighted by Gasteiger charge is -2.13. The molecular formula is C64H50MgN8O16. The number of carbonyl (C=O) groups is 4. The van der Waals surface area contributed by atoms with Gasteiger partial charge >= 0.3 is 23.9 Å². The van der Waals surface area contributed by atoms with Crippen molar-refractivity contribution < 1.29 is 57.8 Å². The Morgan fingerprint density at radius 1 is 0.382 bits per heavy atom. The molecule has 9 rings (SSSR count). The topological polar surface area (TPSA) is 335 Å². The molecule has 2 aliphatic heterocycles. The molecule has 89 heavy (non-hydrogen) atoms. The SMILES string of the molecule is C=CC(CC(=O)Oc1ccccc1-c1c2nc(c(-c3ccccc3OC(=O)CC(C=C)[N+](=O)[O-])c3ccc([nH]3)c(-c3ccccc3OC(=O)CC(C=C)[N+](=O)[O-])c3nc(c(-c4ccccc4OC(=O)CC(C=C)[N+](=O)[O-])c4ccc1[nH]4)C=C3)C=C2)[N+](=O)[O-].[Mg]. The Hall–Kier alpha value is -11.3. The quantitative estimate of drug-likeness (QED) is 0.0142. The van der Waals surface area contributed by atoms with Crippen LogP contribution in [0.5, 0.6) is 23.0 Å². The van der Waals surface area contributed by atoms with Crippen LogP contribution in [0.3, 0.4) is 0 Å². The molecule has 4 aromatic carbocycles. The standard InChI is InChI=1S/C64H50N8O16.Mg/c1-5-37(69(77)78)33-57(73)85-53-21-13-9-17-41(53)61-45-25-27-47(65-45)62(42-18-10-14-22-54(42)86-58(74)34-38(6-2)70(79)80)49-29-31-51(67-49)64(44-20-12-16-24-56(44)88-60(76)36-40(8-4)72(83)84)52-32-30-50(68-52)63(48-28-26-46(61)66-48)43-19-11-15-23-55(43)87-59(75)35-39(7-3)71(81)82;/h5-32,37-40,65,68H,1-4,33-36H2;. The van der Waals surface area contributed by atoms with Crippen LogP contribution in [0.25, 0.3) is 90.9 Å². The summed E-state index contributed by atoms with van der Waals surface area (Å²) in [7, 11) is 0. The van der Waals surface area contributed by atoms with Crippen molar-refractivity contribution in [3.8, 4) is 67.5 Å². The van der Waals surface area contributed by atoms with E-state index in [1.54, 1.807) is 121 Å². The number of fused-ring (bicyclic) bond motifs is 8. The van der Waals surface area contributed by atoms with Crippen LogP contribution in [0.4, 0.5) is 0 Å². The molecule has 0 fully saturated rings. The number of benzene rings is 4. The Kier molecular flexibility index (Phi) is 20.2. The monoisotopic (exact) mass is 1210 g/mol. The van der Waals surface area contributed by atoms with E-state index in [2.05, 4.69) is 36.3 Å². The molecule has 8 bridgehead atoms. The number of nitrogens with one attached hydrogen (secondary N) is 2. The van der Waals surface area contributed by atoms with Crippen molar-refractivity contribution in [2.24, 2.45) is 0 Å². The van der Waals surface area contributed by atoms with Gasteiger partial charge < -0.3 is 28.9 Å². The Morgan fingerprint density at radius 2 is 0.584 bits per heavy atom. The lowest BCUT2D eigenvalue weighted by molar-refractivity contribution is -0.508. The molecule has 2 radical (unpaired) electrons. The molecule has 4 atom stereocenters. The van der Waals surface area contributed by atoms with Crippen LogP contribution >= 0.6 is 0 Å². The Balaban J connectivity index is 0.0000102. The second-order valence-corrected chi connectivity index (χ2v) is 19.6. The van der Waals surface area contributed by atoms with Crippen molar-refractivity contribution >= 4 is 93.3 Å². The van der Waals surface area contributed by atoms with Gasteiger partial charge in [-0.1, -0.05) is 99.1 Å². The molecule has 7 aromatic rings. The van der Waals surface area contributed by atoms with Gasteiger partial charge in [0, 0.05) is 109 Å². The first-order valence-corrected chi connectivity index (χ1v) is 26.8. The third kappa shape index (κ3) is 14.3. The maximum atomic E-state index is 13.6. The predicted molar refractivity (Wildman–Crippen MR) is 331 cm³/mol. The summed E-state index contributed by atoms with van der Waals surface area (Å²) in [5, 5.41) is 47.3. The fourth-order valence-corrected chi connectivity index (χ4v) is 9.70. The summed E-state index contributed by atoms with van der Waals surface area (Å²) in [6, 6.07) is 26.4. The van der Waals surface area contributed by atoms with E-state index in [1.165, 1.54) is 24.3 Å². The number of aromatic nitrogens is 4. The fourth-order valence-electron chi connectivity index (χ4n) is 9.70. The van der Waals surface area contributed by atoms with Crippen LogP contribution in [0.2, 0.25) is 0 Å². The van der Waals surface area contributed by atoms with Gasteiger partial charge in [0.05, 0.1) is 22.8 Å². The van der Waals surface area contributed by atoms with E-state index < -0.39 is 93.4 Å². The van der Waals surface area contributed by atoms with Crippen LogP contribution in [-0.4, -0.2) is 111 Å². The molecule has 24 nitrogen and oxygen atoms in total. The number of carbonyl (C=O) groups excluding carboxylic acids is 4. The van der Waals surface area contributed by atoms with Crippen molar-refractivity contribution in [3.63, 3.8) is 0 Å². The summed E-state index contributed by atoms with van der Waals surface area (Å²) in [5.41, 5.74) is 4.46. The number of H-pyrrole nitrogens is 2. The van der Waals surface area contributed by atoms with Gasteiger partial charge in [0.15, 0.2) is 0 Å². The van der Waals surface area contributed by atoms with Crippen molar-refractivity contribution in [1.29, 1.82) is 0 Å². The van der Waals surface area contributed by atoms with Gasteiger partial charge in [-0.25, -0.2) is 9.97 Å². The summed E-state index contributed by atoms with van der Waals surface area (Å²) >= 11 is 0. The molecule has 0 spiro atoms. The van der Waals surface area contributed by atoms with Gasteiger partial charge in [-0.15, -0.1) is 0 Å². The van der Waals surface area contributed by atoms with Crippen LogP contribution in [0, 0.1) is 40.5 Å². The van der Waals surface area contributed by atoms with E-state index in [9.17, 15) is 59.6 Å². The minimum absolute atomic E-state index is 0. The first kappa shape index (κ1) is 63.7. The second-order valence-electron chi connectivity index (χ2n) is 19.6. The predicted octanol–water partition coefficient (Wildman–Crippen LogP) is 11.4. The molecule has 0 amide bonds. The molecule has 0 aliphatic carbocycles. The molecule has 2 N–H and O–H groups in total. The maximum absolute atomic E-state index is 13.6. The largest absolute Gasteiger partial charge is 0.426 e. The van der Waals surface area contributed by atoms with Gasteiger partial charge in [0.2, 0.25) is 24.2 Å². The van der Waals surface area contributed by atoms with E-state index in [0.717, 1.165) is 24.3 Å². The first-order valence-electron chi connectivity index (χ1n) is 26.8. The van der Waals surface area contributed by atoms with E-state index >= 15 is 0 Å². The van der Waals surface area contributed by atoms with Gasteiger partial charge in [0.25, 0.3) is 0 Å². The molecule has 3 aromatic heterocycles. The number of nitro groups is 4. The first-order chi connectivity index (χ1) is 42.4. The molecule has 5 heterocycles. The van der Waals surface area contributed by atoms with Crippen molar-refractivity contribution in [3.05, 3.63) is 235 Å². The number of para-hydroxylation sites is 4. The molecule has 0 saturated heterocycles. The average Bonchev–Trinajstić information content (AvgIpc) is 1.94. The highest BCUT2D eigenvalue weighted by Crippen LogP contribution is 2.44. The van der Waals surface area contributed by atoms with Crippen LogP contribution in [-0.2, 0) is 19.2 Å². The van der Waals surface area contributed by atoms with Crippen LogP contribution in [0.1, 0.15) is 48.5 Å². The molecule has 444 valence electrons. The maximum Gasteiger partial charge on any atom is 0.318 e. The minimum atomic E-state index is -1.47. The number of nitrogens with zero attached hydrogens (tertiary/aromatic N) is 6. The van der Waals surface area contributed by atoms with Crippen molar-refractivity contribution in [2.45, 2.75) is 49.9 Å². The number of hydrogen-bond donors (Lipinski definition) is 2. The smallest absolute Gasteiger partial charge is 0.318 e. The Bertz CT molecular complexity index is 3790.